The van der Waals surface area contributed by atoms with Crippen LogP contribution in [-0.4, -0.2) is 48.6 Å². The fourth-order valence-corrected chi connectivity index (χ4v) is 2.60. The second kappa shape index (κ2) is 7.25. The smallest absolute Gasteiger partial charge is 0.240 e. The molecule has 1 amide bonds. The van der Waals surface area contributed by atoms with Gasteiger partial charge in [-0.05, 0) is 33.1 Å². The molecule has 4 heteroatoms. The van der Waals surface area contributed by atoms with Crippen LogP contribution < -0.4 is 10.6 Å². The molecule has 1 heterocycles. The zero-order valence-corrected chi connectivity index (χ0v) is 13.3. The maximum Gasteiger partial charge on any atom is 0.240 e. The van der Waals surface area contributed by atoms with Crippen LogP contribution in [0, 0.1) is 5.92 Å². The summed E-state index contributed by atoms with van der Waals surface area (Å²) in [5.41, 5.74) is -0.411. The number of nitrogens with one attached hydrogen (secondary N) is 2. The second-order valence-corrected chi connectivity index (χ2v) is 6.42. The maximum atomic E-state index is 12.5. The van der Waals surface area contributed by atoms with Gasteiger partial charge in [-0.3, -0.25) is 9.69 Å². The van der Waals surface area contributed by atoms with Crippen molar-refractivity contribution in [2.45, 2.75) is 59.0 Å². The summed E-state index contributed by atoms with van der Waals surface area (Å²) < 4.78 is 0. The van der Waals surface area contributed by atoms with Crippen molar-refractivity contribution >= 4 is 5.91 Å². The molecule has 0 radical (unpaired) electrons. The fraction of sp³-hybridized carbons (Fsp3) is 0.933. The molecule has 1 aliphatic rings. The van der Waals surface area contributed by atoms with E-state index >= 15 is 0 Å². The number of carbonyl (C=O) groups excluding carboxylic acids is 1. The van der Waals surface area contributed by atoms with Crippen LogP contribution in [0.3, 0.4) is 0 Å². The highest BCUT2D eigenvalue weighted by molar-refractivity contribution is 5.85. The summed E-state index contributed by atoms with van der Waals surface area (Å²) in [6.45, 7) is 14.4. The second-order valence-electron chi connectivity index (χ2n) is 6.42. The van der Waals surface area contributed by atoms with Gasteiger partial charge in [-0.25, -0.2) is 0 Å². The van der Waals surface area contributed by atoms with Crippen molar-refractivity contribution in [3.63, 3.8) is 0 Å². The van der Waals surface area contributed by atoms with Gasteiger partial charge in [0.1, 0.15) is 0 Å². The third kappa shape index (κ3) is 4.77. The van der Waals surface area contributed by atoms with E-state index < -0.39 is 5.54 Å². The number of piperazine rings is 1. The summed E-state index contributed by atoms with van der Waals surface area (Å²) in [5, 5.41) is 6.51. The van der Waals surface area contributed by atoms with E-state index in [4.69, 9.17) is 0 Å². The number of rotatable bonds is 6. The molecule has 0 spiro atoms. The predicted molar refractivity (Wildman–Crippen MR) is 80.2 cm³/mol. The molecule has 0 aromatic heterocycles. The van der Waals surface area contributed by atoms with Gasteiger partial charge >= 0.3 is 0 Å². The molecule has 0 saturated carbocycles. The molecular weight excluding hydrogens is 238 g/mol. The van der Waals surface area contributed by atoms with Crippen LogP contribution in [0.1, 0.15) is 47.5 Å². The van der Waals surface area contributed by atoms with Crippen molar-refractivity contribution in [3.8, 4) is 0 Å². The molecule has 0 bridgehead atoms. The Morgan fingerprint density at radius 1 is 1.32 bits per heavy atom. The van der Waals surface area contributed by atoms with Gasteiger partial charge in [0.2, 0.25) is 5.91 Å². The minimum atomic E-state index is -0.411. The van der Waals surface area contributed by atoms with E-state index in [1.165, 1.54) is 6.42 Å². The molecule has 2 N–H and O–H groups in total. The zero-order chi connectivity index (χ0) is 14.5. The fourth-order valence-electron chi connectivity index (χ4n) is 2.60. The molecule has 1 rings (SSSR count). The van der Waals surface area contributed by atoms with E-state index in [9.17, 15) is 4.79 Å². The van der Waals surface area contributed by atoms with Crippen LogP contribution in [0.15, 0.2) is 0 Å². The minimum Gasteiger partial charge on any atom is -0.352 e. The van der Waals surface area contributed by atoms with E-state index in [-0.39, 0.29) is 11.9 Å². The van der Waals surface area contributed by atoms with Crippen LogP contribution in [0.2, 0.25) is 0 Å². The molecule has 1 fully saturated rings. The van der Waals surface area contributed by atoms with Gasteiger partial charge in [-0.2, -0.15) is 0 Å². The first-order chi connectivity index (χ1) is 8.87. The van der Waals surface area contributed by atoms with Gasteiger partial charge in [-0.15, -0.1) is 0 Å². The van der Waals surface area contributed by atoms with Crippen LogP contribution >= 0.6 is 0 Å². The lowest BCUT2D eigenvalue weighted by atomic mass is 9.97. The molecule has 1 saturated heterocycles. The summed E-state index contributed by atoms with van der Waals surface area (Å²) in [6, 6.07) is 0.254. The first-order valence-electron chi connectivity index (χ1n) is 7.64. The number of hydrogen-bond acceptors (Lipinski definition) is 3. The molecule has 19 heavy (non-hydrogen) atoms. The molecular formula is C15H31N3O. The van der Waals surface area contributed by atoms with E-state index in [0.29, 0.717) is 5.92 Å². The number of amides is 1. The summed E-state index contributed by atoms with van der Waals surface area (Å²) >= 11 is 0. The third-order valence-corrected chi connectivity index (χ3v) is 4.29. The minimum absolute atomic E-state index is 0.158. The lowest BCUT2D eigenvalue weighted by molar-refractivity contribution is -0.132. The predicted octanol–water partition coefficient (Wildman–Crippen LogP) is 1.61. The van der Waals surface area contributed by atoms with E-state index in [1.54, 1.807) is 0 Å². The first-order valence-corrected chi connectivity index (χ1v) is 7.64. The highest BCUT2D eigenvalue weighted by Crippen LogP contribution is 2.17. The lowest BCUT2D eigenvalue weighted by Gasteiger charge is -2.40. The Hall–Kier alpha value is -0.610. The Balaban J connectivity index is 2.50. The average molecular weight is 269 g/mol. The number of nitrogens with zero attached hydrogens (tertiary/aromatic N) is 1. The molecule has 1 aliphatic heterocycles. The van der Waals surface area contributed by atoms with Crippen LogP contribution in [-0.2, 0) is 4.79 Å². The summed E-state index contributed by atoms with van der Waals surface area (Å²) in [5.74, 6) is 0.822. The molecule has 2 unspecified atom stereocenters. The monoisotopic (exact) mass is 269 g/mol. The summed E-state index contributed by atoms with van der Waals surface area (Å²) in [7, 11) is 0. The van der Waals surface area contributed by atoms with Crippen LogP contribution in [0.4, 0.5) is 0 Å². The molecule has 112 valence electrons. The first kappa shape index (κ1) is 16.4. The van der Waals surface area contributed by atoms with Gasteiger partial charge < -0.3 is 10.6 Å². The van der Waals surface area contributed by atoms with Gasteiger partial charge in [0.05, 0.1) is 5.54 Å². The molecule has 0 aromatic carbocycles. The number of hydrogen-bond donors (Lipinski definition) is 2. The molecule has 4 nitrogen and oxygen atoms in total. The van der Waals surface area contributed by atoms with Crippen LogP contribution in [0.25, 0.3) is 0 Å². The lowest BCUT2D eigenvalue weighted by Crippen LogP contribution is -2.60. The Kier molecular flexibility index (Phi) is 6.27. The zero-order valence-electron chi connectivity index (χ0n) is 13.3. The highest BCUT2D eigenvalue weighted by atomic mass is 16.2. The van der Waals surface area contributed by atoms with Gasteiger partial charge in [-0.1, -0.05) is 20.3 Å². The van der Waals surface area contributed by atoms with Crippen molar-refractivity contribution in [2.75, 3.05) is 26.2 Å². The third-order valence-electron chi connectivity index (χ3n) is 4.29. The maximum absolute atomic E-state index is 12.5. The van der Waals surface area contributed by atoms with E-state index in [1.807, 2.05) is 13.8 Å². The van der Waals surface area contributed by atoms with Crippen molar-refractivity contribution < 1.29 is 4.79 Å². The van der Waals surface area contributed by atoms with Crippen molar-refractivity contribution in [1.29, 1.82) is 0 Å². The van der Waals surface area contributed by atoms with Crippen molar-refractivity contribution in [2.24, 2.45) is 5.92 Å². The Morgan fingerprint density at radius 2 is 1.89 bits per heavy atom. The summed E-state index contributed by atoms with van der Waals surface area (Å²) in [6.07, 6.45) is 2.22. The van der Waals surface area contributed by atoms with Crippen molar-refractivity contribution in [3.05, 3.63) is 0 Å². The molecule has 0 aliphatic carbocycles. The number of carbonyl (C=O) groups is 1. The Morgan fingerprint density at radius 3 is 2.42 bits per heavy atom. The van der Waals surface area contributed by atoms with E-state index in [2.05, 4.69) is 36.3 Å². The topological polar surface area (TPSA) is 44.4 Å². The largest absolute Gasteiger partial charge is 0.352 e. The Bertz CT molecular complexity index is 285. The van der Waals surface area contributed by atoms with Gasteiger partial charge in [0, 0.05) is 32.2 Å². The standard InChI is InChI=1S/C15H31N3O/c1-6-12(2)11-13(3)17-14(19)15(4,5)18-9-7-16-8-10-18/h12-13,16H,6-11H2,1-5H3,(H,17,19). The average Bonchev–Trinajstić information content (AvgIpc) is 2.39. The van der Waals surface area contributed by atoms with Gasteiger partial charge in [0.15, 0.2) is 0 Å². The SMILES string of the molecule is CCC(C)CC(C)NC(=O)C(C)(C)N1CCNCC1. The normalized spacial score (nSPS) is 20.9. The summed E-state index contributed by atoms with van der Waals surface area (Å²) in [4.78, 5) is 14.7. The van der Waals surface area contributed by atoms with E-state index in [0.717, 1.165) is 32.6 Å². The van der Waals surface area contributed by atoms with Gasteiger partial charge in [0.25, 0.3) is 0 Å². The molecule has 0 aromatic rings. The quantitative estimate of drug-likeness (QED) is 0.770. The Labute approximate surface area is 118 Å². The molecule has 2 atom stereocenters. The van der Waals surface area contributed by atoms with Crippen LogP contribution in [0.5, 0.6) is 0 Å². The van der Waals surface area contributed by atoms with Crippen molar-refractivity contribution in [1.82, 2.24) is 15.5 Å². The highest BCUT2D eigenvalue weighted by Gasteiger charge is 2.35.